The lowest BCUT2D eigenvalue weighted by molar-refractivity contribution is -0.113. The van der Waals surface area contributed by atoms with Gasteiger partial charge in [0.2, 0.25) is 5.91 Å². The number of nitrogens with one attached hydrogen (secondary N) is 1. The van der Waals surface area contributed by atoms with Crippen LogP contribution in [0.15, 0.2) is 40.9 Å². The van der Waals surface area contributed by atoms with Crippen LogP contribution in [0, 0.1) is 0 Å². The first kappa shape index (κ1) is 21.1. The molecule has 1 aromatic carbocycles. The van der Waals surface area contributed by atoms with Crippen LogP contribution in [0.3, 0.4) is 0 Å². The molecule has 150 valence electrons. The number of aryl methyl sites for hydroxylation is 1. The van der Waals surface area contributed by atoms with Gasteiger partial charge in [-0.2, -0.15) is 0 Å². The summed E-state index contributed by atoms with van der Waals surface area (Å²) in [7, 11) is 0. The first-order valence-electron chi connectivity index (χ1n) is 8.61. The van der Waals surface area contributed by atoms with E-state index in [4.69, 9.17) is 23.1 Å². The molecule has 0 aliphatic heterocycles. The number of primary amides is 1. The highest BCUT2D eigenvalue weighted by molar-refractivity contribution is 7.99. The highest BCUT2D eigenvalue weighted by atomic mass is 35.5. The third-order valence-electron chi connectivity index (χ3n) is 3.98. The summed E-state index contributed by atoms with van der Waals surface area (Å²) in [6.45, 7) is 1.98. The van der Waals surface area contributed by atoms with Crippen molar-refractivity contribution in [2.24, 2.45) is 5.73 Å². The van der Waals surface area contributed by atoms with Gasteiger partial charge in [-0.25, -0.2) is 9.97 Å². The fourth-order valence-corrected chi connectivity index (χ4v) is 4.25. The monoisotopic (exact) mass is 447 g/mol. The first-order chi connectivity index (χ1) is 13.9. The predicted octanol–water partition coefficient (Wildman–Crippen LogP) is 3.83. The van der Waals surface area contributed by atoms with Crippen molar-refractivity contribution in [2.75, 3.05) is 16.8 Å². The van der Waals surface area contributed by atoms with Crippen LogP contribution < -0.4 is 16.8 Å². The Bertz CT molecular complexity index is 1050. The average Bonchev–Trinajstić information content (AvgIpc) is 3.15. The number of carbonyl (C=O) groups excluding carboxylic acids is 2. The van der Waals surface area contributed by atoms with Gasteiger partial charge in [0.1, 0.15) is 10.8 Å². The number of hydrogen-bond donors (Lipinski definition) is 3. The number of amides is 2. The van der Waals surface area contributed by atoms with E-state index in [1.807, 2.05) is 19.1 Å². The number of thioether (sulfide) groups is 1. The van der Waals surface area contributed by atoms with Gasteiger partial charge in [-0.05, 0) is 35.6 Å². The lowest BCUT2D eigenvalue weighted by Gasteiger charge is -2.12. The fraction of sp³-hybridized carbons (Fsp3) is 0.158. The third kappa shape index (κ3) is 5.06. The Morgan fingerprint density at radius 2 is 1.93 bits per heavy atom. The molecule has 0 spiro atoms. The van der Waals surface area contributed by atoms with Gasteiger partial charge >= 0.3 is 0 Å². The predicted molar refractivity (Wildman–Crippen MR) is 118 cm³/mol. The van der Waals surface area contributed by atoms with E-state index in [1.165, 1.54) is 23.1 Å². The second-order valence-electron chi connectivity index (χ2n) is 5.94. The summed E-state index contributed by atoms with van der Waals surface area (Å²) in [6.07, 6.45) is 0.654. The number of rotatable bonds is 7. The first-order valence-corrected chi connectivity index (χ1v) is 10.9. The minimum absolute atomic E-state index is 0.0684. The second-order valence-corrected chi connectivity index (χ2v) is 8.23. The average molecular weight is 448 g/mol. The summed E-state index contributed by atoms with van der Waals surface area (Å²) in [5, 5.41) is 5.85. The van der Waals surface area contributed by atoms with E-state index in [1.54, 1.807) is 23.6 Å². The molecule has 0 aliphatic rings. The molecule has 0 fully saturated rings. The van der Waals surface area contributed by atoms with Crippen molar-refractivity contribution < 1.29 is 9.59 Å². The largest absolute Gasteiger partial charge is 0.383 e. The van der Waals surface area contributed by atoms with E-state index in [-0.39, 0.29) is 17.2 Å². The number of nitrogen functional groups attached to an aromatic ring is 1. The van der Waals surface area contributed by atoms with Gasteiger partial charge in [-0.15, -0.1) is 11.3 Å². The van der Waals surface area contributed by atoms with E-state index >= 15 is 0 Å². The quantitative estimate of drug-likeness (QED) is 0.373. The van der Waals surface area contributed by atoms with E-state index < -0.39 is 5.91 Å². The Labute approximate surface area is 180 Å². The molecule has 2 heterocycles. The molecule has 3 aromatic rings. The second kappa shape index (κ2) is 9.25. The van der Waals surface area contributed by atoms with Crippen LogP contribution in [-0.2, 0) is 11.2 Å². The van der Waals surface area contributed by atoms with Crippen molar-refractivity contribution >= 4 is 57.3 Å². The van der Waals surface area contributed by atoms with Crippen molar-refractivity contribution in [3.05, 3.63) is 52.0 Å². The number of carbonyl (C=O) groups is 2. The summed E-state index contributed by atoms with van der Waals surface area (Å²) in [6, 6.07) is 8.88. The molecule has 10 heteroatoms. The number of halogens is 1. The van der Waals surface area contributed by atoms with Crippen molar-refractivity contribution in [3.63, 3.8) is 0 Å². The lowest BCUT2D eigenvalue weighted by atomic mass is 10.0. The Morgan fingerprint density at radius 3 is 2.59 bits per heavy atom. The molecular weight excluding hydrogens is 430 g/mol. The number of benzene rings is 1. The van der Waals surface area contributed by atoms with Crippen LogP contribution in [-0.4, -0.2) is 27.5 Å². The van der Waals surface area contributed by atoms with Gasteiger partial charge in [0.05, 0.1) is 17.0 Å². The van der Waals surface area contributed by atoms with Gasteiger partial charge in [0.15, 0.2) is 5.16 Å². The van der Waals surface area contributed by atoms with Gasteiger partial charge < -0.3 is 16.8 Å². The molecule has 0 unspecified atom stereocenters. The fourth-order valence-electron chi connectivity index (χ4n) is 2.65. The normalized spacial score (nSPS) is 10.7. The summed E-state index contributed by atoms with van der Waals surface area (Å²) in [5.41, 5.74) is 14.2. The smallest absolute Gasteiger partial charge is 0.251 e. The summed E-state index contributed by atoms with van der Waals surface area (Å²) < 4.78 is 0. The van der Waals surface area contributed by atoms with Gasteiger partial charge in [0, 0.05) is 10.6 Å². The molecule has 0 saturated heterocycles. The van der Waals surface area contributed by atoms with Crippen LogP contribution >= 0.6 is 34.7 Å². The maximum atomic E-state index is 12.2. The maximum Gasteiger partial charge on any atom is 0.251 e. The molecule has 29 heavy (non-hydrogen) atoms. The molecule has 0 bridgehead atoms. The van der Waals surface area contributed by atoms with Crippen molar-refractivity contribution in [1.29, 1.82) is 0 Å². The number of thiophene rings is 1. The van der Waals surface area contributed by atoms with Crippen LogP contribution in [0.2, 0.25) is 5.02 Å². The number of anilines is 2. The standard InChI is InChI=1S/C19H18ClN5O2S2/c1-2-13-15(10-3-5-11(20)6-4-10)16(21)25-19(23-13)29-9-14(26)24-18-12(17(22)27)7-8-28-18/h3-8H,2,9H2,1H3,(H2,22,27)(H,24,26)(H2,21,23,25). The van der Waals surface area contributed by atoms with E-state index in [2.05, 4.69) is 15.3 Å². The topological polar surface area (TPSA) is 124 Å². The summed E-state index contributed by atoms with van der Waals surface area (Å²) in [5.74, 6) is -0.465. The lowest BCUT2D eigenvalue weighted by Crippen LogP contribution is -2.18. The van der Waals surface area contributed by atoms with Crippen LogP contribution in [0.5, 0.6) is 0 Å². The zero-order valence-electron chi connectivity index (χ0n) is 15.4. The molecule has 0 radical (unpaired) electrons. The van der Waals surface area contributed by atoms with Gasteiger partial charge in [-0.3, -0.25) is 9.59 Å². The molecule has 2 aromatic heterocycles. The van der Waals surface area contributed by atoms with E-state index in [0.29, 0.717) is 27.4 Å². The van der Waals surface area contributed by atoms with Crippen molar-refractivity contribution in [2.45, 2.75) is 18.5 Å². The number of aromatic nitrogens is 2. The Hall–Kier alpha value is -2.62. The highest BCUT2D eigenvalue weighted by Gasteiger charge is 2.16. The zero-order valence-corrected chi connectivity index (χ0v) is 17.8. The molecule has 0 aliphatic carbocycles. The van der Waals surface area contributed by atoms with Crippen LogP contribution in [0.25, 0.3) is 11.1 Å². The van der Waals surface area contributed by atoms with Gasteiger partial charge in [-0.1, -0.05) is 42.4 Å². The maximum absolute atomic E-state index is 12.2. The number of nitrogens with zero attached hydrogens (tertiary/aromatic N) is 2. The minimum atomic E-state index is -0.587. The molecule has 3 rings (SSSR count). The third-order valence-corrected chi connectivity index (χ3v) is 5.90. The summed E-state index contributed by atoms with van der Waals surface area (Å²) in [4.78, 5) is 32.5. The van der Waals surface area contributed by atoms with Crippen molar-refractivity contribution in [3.8, 4) is 11.1 Å². The minimum Gasteiger partial charge on any atom is -0.383 e. The van der Waals surface area contributed by atoms with Crippen LogP contribution in [0.1, 0.15) is 23.0 Å². The molecule has 5 N–H and O–H groups in total. The van der Waals surface area contributed by atoms with Crippen LogP contribution in [0.4, 0.5) is 10.8 Å². The van der Waals surface area contributed by atoms with E-state index in [0.717, 1.165) is 16.8 Å². The zero-order chi connectivity index (χ0) is 21.0. The number of nitrogens with two attached hydrogens (primary N) is 2. The number of hydrogen-bond acceptors (Lipinski definition) is 7. The molecule has 7 nitrogen and oxygen atoms in total. The molecule has 0 atom stereocenters. The SMILES string of the molecule is CCc1nc(SCC(=O)Nc2sccc2C(N)=O)nc(N)c1-c1ccc(Cl)cc1. The molecule has 0 saturated carbocycles. The van der Waals surface area contributed by atoms with Crippen molar-refractivity contribution in [1.82, 2.24) is 9.97 Å². The molecular formula is C19H18ClN5O2S2. The van der Waals surface area contributed by atoms with Gasteiger partial charge in [0.25, 0.3) is 5.91 Å². The molecule has 2 amide bonds. The van der Waals surface area contributed by atoms with E-state index in [9.17, 15) is 9.59 Å². The Balaban J connectivity index is 1.74. The highest BCUT2D eigenvalue weighted by Crippen LogP contribution is 2.31. The Morgan fingerprint density at radius 1 is 1.21 bits per heavy atom. The summed E-state index contributed by atoms with van der Waals surface area (Å²) >= 11 is 8.36. The Kier molecular flexibility index (Phi) is 6.73.